The third-order valence-corrected chi connectivity index (χ3v) is 12.2. The Kier molecular flexibility index (Phi) is 25.4. The number of carboxylic acids is 2. The number of hydrazine groups is 1. The summed E-state index contributed by atoms with van der Waals surface area (Å²) in [7, 11) is 0. The number of hydrogen-bond acceptors (Lipinski definition) is 13. The number of benzene rings is 4. The highest BCUT2D eigenvalue weighted by Crippen LogP contribution is 2.19. The predicted molar refractivity (Wildman–Crippen MR) is 290 cm³/mol. The first-order valence-electron chi connectivity index (χ1n) is 25.7. The number of halogens is 3. The molecule has 4 aromatic carbocycles. The lowest BCUT2D eigenvalue weighted by Gasteiger charge is -2.26. The Bertz CT molecular complexity index is 2990. The number of aromatic amines is 1. The zero-order valence-electron chi connectivity index (χ0n) is 44.6. The van der Waals surface area contributed by atoms with Gasteiger partial charge < -0.3 is 63.7 Å². The number of carbonyl (C=O) groups is 10. The number of fused-ring (bicyclic) bond motifs is 1. The molecule has 0 aliphatic carbocycles. The molecule has 0 bridgehead atoms. The van der Waals surface area contributed by atoms with E-state index in [0.29, 0.717) is 29.5 Å². The Balaban J connectivity index is 0.00000193. The molecule has 440 valence electrons. The molecule has 1 heterocycles. The number of aromatic nitrogens is 1. The van der Waals surface area contributed by atoms with Crippen LogP contribution in [0.15, 0.2) is 115 Å². The second-order valence-corrected chi connectivity index (χ2v) is 18.8. The second-order valence-electron chi connectivity index (χ2n) is 18.8. The van der Waals surface area contributed by atoms with Gasteiger partial charge >= 0.3 is 18.1 Å². The van der Waals surface area contributed by atoms with Crippen LogP contribution in [0.2, 0.25) is 0 Å². The number of para-hydroxylation sites is 1. The monoisotopic (exact) mass is 1150 g/mol. The molecule has 8 amide bonds. The van der Waals surface area contributed by atoms with Gasteiger partial charge in [0.25, 0.3) is 11.8 Å². The van der Waals surface area contributed by atoms with E-state index in [0.717, 1.165) is 16.5 Å². The van der Waals surface area contributed by atoms with Crippen LogP contribution >= 0.6 is 0 Å². The number of nitrogens with two attached hydrogens (primary N) is 2. The average molecular weight is 1150 g/mol. The van der Waals surface area contributed by atoms with E-state index in [4.69, 9.17) is 21.4 Å². The van der Waals surface area contributed by atoms with Crippen LogP contribution < -0.4 is 54.2 Å². The van der Waals surface area contributed by atoms with E-state index in [2.05, 4.69) is 47.7 Å². The van der Waals surface area contributed by atoms with Crippen molar-refractivity contribution in [1.82, 2.24) is 47.7 Å². The fourth-order valence-electron chi connectivity index (χ4n) is 7.86. The predicted octanol–water partition coefficient (Wildman–Crippen LogP) is 0.804. The maximum Gasteiger partial charge on any atom is 0.490 e. The molecule has 16 N–H and O–H groups in total. The smallest absolute Gasteiger partial charge is 0.490 e. The highest BCUT2D eigenvalue weighted by molar-refractivity contribution is 5.98. The molecular formula is C55H66F3N11O13. The van der Waals surface area contributed by atoms with Crippen LogP contribution in [0, 0.1) is 0 Å². The number of hydrogen-bond donors (Lipinski definition) is 14. The van der Waals surface area contributed by atoms with E-state index >= 15 is 0 Å². The van der Waals surface area contributed by atoms with Gasteiger partial charge in [-0.05, 0) is 66.6 Å². The molecule has 0 fully saturated rings. The third-order valence-electron chi connectivity index (χ3n) is 12.2. The number of phenolic OH excluding ortho intramolecular Hbond substituents is 1. The molecule has 7 atom stereocenters. The van der Waals surface area contributed by atoms with Gasteiger partial charge in [0.15, 0.2) is 0 Å². The summed E-state index contributed by atoms with van der Waals surface area (Å²) in [5.41, 5.74) is 20.4. The van der Waals surface area contributed by atoms with Crippen molar-refractivity contribution in [1.29, 1.82) is 0 Å². The van der Waals surface area contributed by atoms with Crippen molar-refractivity contribution in [3.05, 3.63) is 138 Å². The molecule has 0 aliphatic heterocycles. The van der Waals surface area contributed by atoms with Gasteiger partial charge in [-0.3, -0.25) is 54.0 Å². The van der Waals surface area contributed by atoms with Crippen molar-refractivity contribution in [2.45, 2.75) is 114 Å². The van der Waals surface area contributed by atoms with Gasteiger partial charge in [-0.15, -0.1) is 0 Å². The van der Waals surface area contributed by atoms with Crippen molar-refractivity contribution in [3.8, 4) is 5.75 Å². The van der Waals surface area contributed by atoms with Crippen molar-refractivity contribution in [2.75, 3.05) is 6.54 Å². The Morgan fingerprint density at radius 2 is 1.04 bits per heavy atom. The van der Waals surface area contributed by atoms with Crippen LogP contribution in [0.4, 0.5) is 13.2 Å². The van der Waals surface area contributed by atoms with Crippen molar-refractivity contribution in [2.24, 2.45) is 11.5 Å². The van der Waals surface area contributed by atoms with E-state index in [9.17, 15) is 66.5 Å². The molecule has 0 saturated carbocycles. The van der Waals surface area contributed by atoms with Crippen LogP contribution in [0.1, 0.15) is 61.8 Å². The topological polar surface area (TPSA) is 395 Å². The number of unbranched alkanes of at least 4 members (excludes halogenated alkanes) is 1. The lowest BCUT2D eigenvalue weighted by Crippen LogP contribution is -2.60. The molecule has 0 spiro atoms. The average Bonchev–Trinajstić information content (AvgIpc) is 3.89. The number of nitrogens with one attached hydrogen (secondary N) is 9. The molecular weight excluding hydrogens is 1080 g/mol. The van der Waals surface area contributed by atoms with Gasteiger partial charge in [-0.25, -0.2) is 4.79 Å². The maximum atomic E-state index is 14.0. The summed E-state index contributed by atoms with van der Waals surface area (Å²) in [6.45, 7) is 2.64. The molecule has 0 saturated heterocycles. The molecule has 5 aromatic rings. The van der Waals surface area contributed by atoms with E-state index < -0.39 is 121 Å². The molecule has 24 nitrogen and oxygen atoms in total. The number of phenols is 1. The first-order chi connectivity index (χ1) is 38.8. The SMILES string of the molecule is CCCC[C@H](NC(=O)[C@H](N)Cc1c[nH]c2ccccc12)C(=O)N[C@@H](CC(=O)O)C(=O)N[C@@H](Cc1ccccc1)C(=O)NNC(=O)[C@H](Cc1ccccc1)NC(=O)CNC(=O)[C@@H](C)NC(=O)[C@@H](N)Cc1ccc(O)cc1.O=C(O)C(F)(F)F. The largest absolute Gasteiger partial charge is 0.508 e. The number of carboxylic acid groups (broad SMARTS) is 2. The van der Waals surface area contributed by atoms with Crippen LogP contribution in [0.3, 0.4) is 0 Å². The number of rotatable bonds is 27. The lowest BCUT2D eigenvalue weighted by atomic mass is 10.0. The van der Waals surface area contributed by atoms with E-state index in [1.165, 1.54) is 19.1 Å². The molecule has 0 radical (unpaired) electrons. The van der Waals surface area contributed by atoms with Crippen LogP contribution in [-0.2, 0) is 73.6 Å². The van der Waals surface area contributed by atoms with Gasteiger partial charge in [0, 0.05) is 29.9 Å². The molecule has 1 aromatic heterocycles. The molecule has 0 aliphatic rings. The molecule has 82 heavy (non-hydrogen) atoms. The summed E-state index contributed by atoms with van der Waals surface area (Å²) in [5, 5.41) is 42.4. The summed E-state index contributed by atoms with van der Waals surface area (Å²) in [5.74, 6) is -10.8. The lowest BCUT2D eigenvalue weighted by molar-refractivity contribution is -0.192. The quantitative estimate of drug-likeness (QED) is 0.0324. The van der Waals surface area contributed by atoms with Crippen molar-refractivity contribution in [3.63, 3.8) is 0 Å². The Morgan fingerprint density at radius 1 is 0.561 bits per heavy atom. The van der Waals surface area contributed by atoms with E-state index in [1.807, 2.05) is 31.2 Å². The van der Waals surface area contributed by atoms with Gasteiger partial charge in [-0.1, -0.05) is 111 Å². The number of amides is 8. The number of alkyl halides is 3. The summed E-state index contributed by atoms with van der Waals surface area (Å²) in [4.78, 5) is 132. The highest BCUT2D eigenvalue weighted by Gasteiger charge is 2.38. The summed E-state index contributed by atoms with van der Waals surface area (Å²) in [6.07, 6.45) is -2.99. The zero-order chi connectivity index (χ0) is 60.5. The zero-order valence-corrected chi connectivity index (χ0v) is 44.6. The fraction of sp³-hybridized carbons (Fsp3) is 0.345. The normalized spacial score (nSPS) is 13.5. The third kappa shape index (κ3) is 22.0. The fourth-order valence-corrected chi connectivity index (χ4v) is 7.86. The summed E-state index contributed by atoms with van der Waals surface area (Å²) < 4.78 is 31.7. The van der Waals surface area contributed by atoms with E-state index in [1.54, 1.807) is 79.0 Å². The van der Waals surface area contributed by atoms with Crippen molar-refractivity contribution >= 4 is 70.1 Å². The van der Waals surface area contributed by atoms with Gasteiger partial charge in [0.2, 0.25) is 35.4 Å². The Labute approximate surface area is 468 Å². The number of aliphatic carboxylic acids is 2. The summed E-state index contributed by atoms with van der Waals surface area (Å²) in [6, 6.07) is 21.6. The minimum absolute atomic E-state index is 0.0468. The van der Waals surface area contributed by atoms with Crippen LogP contribution in [0.25, 0.3) is 10.9 Å². The Hall–Kier alpha value is -9.37. The van der Waals surface area contributed by atoms with Gasteiger partial charge in [0.05, 0.1) is 25.0 Å². The minimum Gasteiger partial charge on any atom is -0.508 e. The molecule has 0 unspecified atom stereocenters. The van der Waals surface area contributed by atoms with E-state index in [-0.39, 0.29) is 37.9 Å². The van der Waals surface area contributed by atoms with Gasteiger partial charge in [-0.2, -0.15) is 13.2 Å². The maximum absolute atomic E-state index is 14.0. The highest BCUT2D eigenvalue weighted by atomic mass is 19.4. The number of carbonyl (C=O) groups excluding carboxylic acids is 8. The first-order valence-corrected chi connectivity index (χ1v) is 25.7. The van der Waals surface area contributed by atoms with Crippen LogP contribution in [0.5, 0.6) is 5.75 Å². The van der Waals surface area contributed by atoms with Crippen LogP contribution in [-0.4, -0.2) is 135 Å². The van der Waals surface area contributed by atoms with Crippen molar-refractivity contribution < 1.29 is 76.4 Å². The second kappa shape index (κ2) is 32.0. The van der Waals surface area contributed by atoms with Gasteiger partial charge in [0.1, 0.15) is 36.0 Å². The first kappa shape index (κ1) is 65.2. The molecule has 5 rings (SSSR count). The molecule has 27 heteroatoms. The summed E-state index contributed by atoms with van der Waals surface area (Å²) >= 11 is 0. The Morgan fingerprint density at radius 3 is 1.59 bits per heavy atom. The standard InChI is InChI=1S/C53H65N11O11.C2HF3O2/c1-3-4-18-41(60-49(71)39(55)27-35-29-56-40-19-12-11-17-37(35)40)50(72)62-44(28-46(67)68)51(73)61-43(26-33-15-9-6-10-16-33)53(75)64-63-52(74)42(25-32-13-7-5-8-14-32)59-45(66)30-57-47(69)31(2)58-48(70)38(54)24-34-20-22-36(65)23-21-34;3-2(4,5)1(6)7/h5-17,19-23,29,31,38-39,41-44,56,65H,3-4,18,24-28,30,54-55H2,1-2H3,(H,57,69)(H,58,70)(H,59,66)(H,60,71)(H,61,73)(H,62,72)(H,63,74)(H,64,75)(H,67,68);(H,6,7)/t31-,38+,39-,41+,42+,43+,44+;/m1./s1. The number of aromatic hydroxyl groups is 1. The number of H-pyrrole nitrogens is 1. The minimum atomic E-state index is -5.08.